The fourth-order valence-electron chi connectivity index (χ4n) is 2.16. The van der Waals surface area contributed by atoms with Crippen LogP contribution in [0.3, 0.4) is 0 Å². The molecule has 2 N–H and O–H groups in total. The summed E-state index contributed by atoms with van der Waals surface area (Å²) in [6, 6.07) is 8.02. The molecule has 1 heterocycles. The van der Waals surface area contributed by atoms with Crippen LogP contribution in [-0.4, -0.2) is 19.6 Å². The van der Waals surface area contributed by atoms with Crippen molar-refractivity contribution in [2.75, 3.05) is 25.0 Å². The van der Waals surface area contributed by atoms with Gasteiger partial charge in [0.15, 0.2) is 0 Å². The lowest BCUT2D eigenvalue weighted by Gasteiger charge is -2.11. The minimum atomic E-state index is 0.692. The molecule has 2 rings (SSSR count). The van der Waals surface area contributed by atoms with Gasteiger partial charge in [0.1, 0.15) is 6.07 Å². The molecule has 90 valence electrons. The van der Waals surface area contributed by atoms with Crippen molar-refractivity contribution >= 4 is 21.6 Å². The van der Waals surface area contributed by atoms with Gasteiger partial charge in [0.2, 0.25) is 0 Å². The van der Waals surface area contributed by atoms with Crippen LogP contribution in [0.4, 0.5) is 5.69 Å². The van der Waals surface area contributed by atoms with E-state index in [1.165, 1.54) is 6.42 Å². The first-order valence-electron chi connectivity index (χ1n) is 5.94. The van der Waals surface area contributed by atoms with E-state index in [2.05, 4.69) is 32.6 Å². The molecule has 0 spiro atoms. The van der Waals surface area contributed by atoms with Crippen molar-refractivity contribution in [1.82, 2.24) is 5.32 Å². The standard InChI is InChI=1S/C13H16BrN3/c14-12-2-1-3-13(11(12)8-15)17-7-5-10-4-6-16-9-10/h1-3,10,16-17H,4-7,9H2. The molecule has 1 aliphatic rings. The molecule has 3 nitrogen and oxygen atoms in total. The Hall–Kier alpha value is -1.05. The zero-order valence-corrected chi connectivity index (χ0v) is 11.3. The molecule has 0 saturated carbocycles. The van der Waals surface area contributed by atoms with E-state index in [0.29, 0.717) is 5.56 Å². The summed E-state index contributed by atoms with van der Waals surface area (Å²) in [4.78, 5) is 0. The fraction of sp³-hybridized carbons (Fsp3) is 0.462. The van der Waals surface area contributed by atoms with Gasteiger partial charge in [-0.3, -0.25) is 0 Å². The highest BCUT2D eigenvalue weighted by atomic mass is 79.9. The van der Waals surface area contributed by atoms with Crippen molar-refractivity contribution in [1.29, 1.82) is 5.26 Å². The van der Waals surface area contributed by atoms with Crippen molar-refractivity contribution in [3.8, 4) is 6.07 Å². The molecule has 17 heavy (non-hydrogen) atoms. The Morgan fingerprint density at radius 1 is 1.53 bits per heavy atom. The molecule has 0 aliphatic carbocycles. The first-order valence-corrected chi connectivity index (χ1v) is 6.74. The molecule has 1 atom stereocenters. The minimum Gasteiger partial charge on any atom is -0.384 e. The maximum atomic E-state index is 9.08. The zero-order chi connectivity index (χ0) is 12.1. The van der Waals surface area contributed by atoms with Crippen molar-refractivity contribution in [3.05, 3.63) is 28.2 Å². The molecule has 1 saturated heterocycles. The van der Waals surface area contributed by atoms with Crippen LogP contribution in [0.25, 0.3) is 0 Å². The van der Waals surface area contributed by atoms with Crippen LogP contribution >= 0.6 is 15.9 Å². The Morgan fingerprint density at radius 2 is 2.41 bits per heavy atom. The van der Waals surface area contributed by atoms with Crippen LogP contribution in [0.2, 0.25) is 0 Å². The SMILES string of the molecule is N#Cc1c(Br)cccc1NCCC1CCNC1. The first-order chi connectivity index (χ1) is 8.31. The van der Waals surface area contributed by atoms with Crippen LogP contribution in [0.15, 0.2) is 22.7 Å². The zero-order valence-electron chi connectivity index (χ0n) is 9.67. The third-order valence-electron chi connectivity index (χ3n) is 3.16. The van der Waals surface area contributed by atoms with E-state index >= 15 is 0 Å². The largest absolute Gasteiger partial charge is 0.384 e. The second kappa shape index (κ2) is 6.04. The maximum absolute atomic E-state index is 9.08. The highest BCUT2D eigenvalue weighted by Crippen LogP contribution is 2.24. The number of anilines is 1. The van der Waals surface area contributed by atoms with E-state index in [0.717, 1.165) is 42.1 Å². The fourth-order valence-corrected chi connectivity index (χ4v) is 2.61. The van der Waals surface area contributed by atoms with Crippen molar-refractivity contribution in [2.24, 2.45) is 5.92 Å². The number of benzene rings is 1. The molecular formula is C13H16BrN3. The molecule has 0 amide bonds. The second-order valence-corrected chi connectivity index (χ2v) is 5.20. The summed E-state index contributed by atoms with van der Waals surface area (Å²) in [6.07, 6.45) is 2.43. The van der Waals surface area contributed by atoms with Crippen molar-refractivity contribution < 1.29 is 0 Å². The Kier molecular flexibility index (Phi) is 4.41. The van der Waals surface area contributed by atoms with Crippen LogP contribution < -0.4 is 10.6 Å². The van der Waals surface area contributed by atoms with Crippen LogP contribution in [0, 0.1) is 17.2 Å². The summed E-state index contributed by atoms with van der Waals surface area (Å²) in [5.74, 6) is 0.778. The maximum Gasteiger partial charge on any atom is 0.103 e. The average Bonchev–Trinajstić information content (AvgIpc) is 2.82. The van der Waals surface area contributed by atoms with Gasteiger partial charge in [0.25, 0.3) is 0 Å². The molecule has 0 bridgehead atoms. The summed E-state index contributed by atoms with van der Waals surface area (Å²) in [5.41, 5.74) is 1.62. The molecule has 0 radical (unpaired) electrons. The second-order valence-electron chi connectivity index (χ2n) is 4.35. The Balaban J connectivity index is 1.90. The monoisotopic (exact) mass is 293 g/mol. The van der Waals surface area contributed by atoms with Gasteiger partial charge in [-0.1, -0.05) is 6.07 Å². The van der Waals surface area contributed by atoms with Gasteiger partial charge in [-0.15, -0.1) is 0 Å². The van der Waals surface area contributed by atoms with Gasteiger partial charge < -0.3 is 10.6 Å². The molecule has 1 aromatic carbocycles. The minimum absolute atomic E-state index is 0.692. The lowest BCUT2D eigenvalue weighted by molar-refractivity contribution is 0.549. The third-order valence-corrected chi connectivity index (χ3v) is 3.82. The Bertz CT molecular complexity index is 419. The lowest BCUT2D eigenvalue weighted by Crippen LogP contribution is -2.13. The highest BCUT2D eigenvalue weighted by Gasteiger charge is 2.14. The van der Waals surface area contributed by atoms with Gasteiger partial charge in [0, 0.05) is 11.0 Å². The van der Waals surface area contributed by atoms with Crippen LogP contribution in [0.5, 0.6) is 0 Å². The highest BCUT2D eigenvalue weighted by molar-refractivity contribution is 9.10. The predicted molar refractivity (Wildman–Crippen MR) is 72.9 cm³/mol. The van der Waals surface area contributed by atoms with E-state index in [1.54, 1.807) is 0 Å². The predicted octanol–water partition coefficient (Wildman–Crippen LogP) is 2.73. The smallest absolute Gasteiger partial charge is 0.103 e. The van der Waals surface area contributed by atoms with Crippen LogP contribution in [-0.2, 0) is 0 Å². The molecular weight excluding hydrogens is 278 g/mol. The summed E-state index contributed by atoms with van der Waals surface area (Å²) >= 11 is 3.39. The molecule has 1 aliphatic heterocycles. The van der Waals surface area contributed by atoms with Gasteiger partial charge in [-0.2, -0.15) is 5.26 Å². The number of nitrogens with zero attached hydrogens (tertiary/aromatic N) is 1. The summed E-state index contributed by atoms with van der Waals surface area (Å²) in [5, 5.41) is 15.8. The quantitative estimate of drug-likeness (QED) is 0.897. The third kappa shape index (κ3) is 3.21. The summed E-state index contributed by atoms with van der Waals surface area (Å²) < 4.78 is 0.854. The summed E-state index contributed by atoms with van der Waals surface area (Å²) in [7, 11) is 0. The number of nitrogens with one attached hydrogen (secondary N) is 2. The lowest BCUT2D eigenvalue weighted by atomic mass is 10.1. The molecule has 1 fully saturated rings. The van der Waals surface area contributed by atoms with Gasteiger partial charge in [-0.25, -0.2) is 0 Å². The van der Waals surface area contributed by atoms with Gasteiger partial charge in [0.05, 0.1) is 11.3 Å². The number of nitriles is 1. The van der Waals surface area contributed by atoms with E-state index < -0.39 is 0 Å². The number of halogens is 1. The van der Waals surface area contributed by atoms with Gasteiger partial charge in [-0.05, 0) is 59.9 Å². The Labute approximate surface area is 110 Å². The molecule has 0 aromatic heterocycles. The number of hydrogen-bond acceptors (Lipinski definition) is 3. The van der Waals surface area contributed by atoms with E-state index in [-0.39, 0.29) is 0 Å². The molecule has 1 unspecified atom stereocenters. The molecule has 4 heteroatoms. The summed E-state index contributed by atoms with van der Waals surface area (Å²) in [6.45, 7) is 3.20. The van der Waals surface area contributed by atoms with Crippen LogP contribution in [0.1, 0.15) is 18.4 Å². The van der Waals surface area contributed by atoms with E-state index in [4.69, 9.17) is 5.26 Å². The number of rotatable bonds is 4. The normalized spacial score (nSPS) is 18.9. The van der Waals surface area contributed by atoms with Crippen molar-refractivity contribution in [2.45, 2.75) is 12.8 Å². The molecule has 1 aromatic rings. The van der Waals surface area contributed by atoms with Gasteiger partial charge >= 0.3 is 0 Å². The average molecular weight is 294 g/mol. The Morgan fingerprint density at radius 3 is 3.12 bits per heavy atom. The van der Waals surface area contributed by atoms with E-state index in [1.807, 2.05) is 18.2 Å². The first kappa shape index (κ1) is 12.4. The van der Waals surface area contributed by atoms with Crippen molar-refractivity contribution in [3.63, 3.8) is 0 Å². The topological polar surface area (TPSA) is 47.9 Å². The number of hydrogen-bond donors (Lipinski definition) is 2. The van der Waals surface area contributed by atoms with E-state index in [9.17, 15) is 0 Å².